The zero-order valence-corrected chi connectivity index (χ0v) is 14.3. The molecule has 2 atom stereocenters. The highest BCUT2D eigenvalue weighted by atomic mass is 32.1. The van der Waals surface area contributed by atoms with E-state index in [1.54, 1.807) is 0 Å². The van der Waals surface area contributed by atoms with Crippen LogP contribution in [0.1, 0.15) is 17.8 Å². The van der Waals surface area contributed by atoms with Crippen LogP contribution < -0.4 is 5.32 Å². The number of para-hydroxylation sites is 1. The van der Waals surface area contributed by atoms with E-state index in [2.05, 4.69) is 10.3 Å². The molecular formula is C18H17N3O3S. The van der Waals surface area contributed by atoms with Crippen LogP contribution in [0, 0.1) is 11.8 Å². The molecule has 4 rings (SSSR count). The lowest BCUT2D eigenvalue weighted by molar-refractivity contribution is -0.143. The number of benzene rings is 1. The third-order valence-corrected chi connectivity index (χ3v) is 5.71. The summed E-state index contributed by atoms with van der Waals surface area (Å²) in [7, 11) is 0. The van der Waals surface area contributed by atoms with E-state index >= 15 is 0 Å². The van der Waals surface area contributed by atoms with Crippen molar-refractivity contribution in [1.82, 2.24) is 15.2 Å². The van der Waals surface area contributed by atoms with Crippen molar-refractivity contribution in [1.29, 1.82) is 0 Å². The maximum atomic E-state index is 12.4. The number of rotatable bonds is 4. The van der Waals surface area contributed by atoms with Crippen LogP contribution in [0.2, 0.25) is 0 Å². The Labute approximate surface area is 148 Å². The van der Waals surface area contributed by atoms with Gasteiger partial charge in [-0.15, -0.1) is 11.3 Å². The van der Waals surface area contributed by atoms with Crippen LogP contribution >= 0.6 is 11.3 Å². The topological polar surface area (TPSA) is 79.4 Å². The number of allylic oxidation sites excluding steroid dienone is 2. The molecular weight excluding hydrogens is 338 g/mol. The number of nitrogens with zero attached hydrogens (tertiary/aromatic N) is 2. The highest BCUT2D eigenvalue weighted by Crippen LogP contribution is 2.34. The minimum Gasteiger partial charge on any atom is -0.348 e. The van der Waals surface area contributed by atoms with Gasteiger partial charge < -0.3 is 5.32 Å². The molecule has 1 fully saturated rings. The maximum Gasteiger partial charge on any atom is 0.240 e. The van der Waals surface area contributed by atoms with Gasteiger partial charge in [-0.05, 0) is 25.0 Å². The first-order valence-corrected chi connectivity index (χ1v) is 9.06. The molecule has 1 saturated heterocycles. The zero-order valence-electron chi connectivity index (χ0n) is 13.5. The van der Waals surface area contributed by atoms with Gasteiger partial charge in [0.05, 0.1) is 28.6 Å². The SMILES string of the molecule is O=C(CN1C(=O)C2CC=CCC2C1=O)NCc1nc2ccccc2s1. The summed E-state index contributed by atoms with van der Waals surface area (Å²) >= 11 is 1.52. The van der Waals surface area contributed by atoms with Crippen LogP contribution in [0.15, 0.2) is 36.4 Å². The second kappa shape index (κ2) is 6.40. The molecule has 0 radical (unpaired) electrons. The maximum absolute atomic E-state index is 12.4. The van der Waals surface area contributed by atoms with Crippen LogP contribution in [0.4, 0.5) is 0 Å². The van der Waals surface area contributed by atoms with Gasteiger partial charge in [-0.2, -0.15) is 0 Å². The Morgan fingerprint density at radius 2 is 1.84 bits per heavy atom. The van der Waals surface area contributed by atoms with Gasteiger partial charge in [-0.1, -0.05) is 24.3 Å². The van der Waals surface area contributed by atoms with E-state index in [0.717, 1.165) is 20.1 Å². The summed E-state index contributed by atoms with van der Waals surface area (Å²) in [6.45, 7) is 0.0817. The minimum atomic E-state index is -0.340. The smallest absolute Gasteiger partial charge is 0.240 e. The van der Waals surface area contributed by atoms with E-state index in [1.807, 2.05) is 36.4 Å². The number of amides is 3. The number of fused-ring (bicyclic) bond motifs is 2. The third-order valence-electron chi connectivity index (χ3n) is 4.68. The van der Waals surface area contributed by atoms with Crippen LogP contribution in [0.3, 0.4) is 0 Å². The molecule has 0 spiro atoms. The fraction of sp³-hybridized carbons (Fsp3) is 0.333. The van der Waals surface area contributed by atoms with Gasteiger partial charge in [0.1, 0.15) is 11.6 Å². The van der Waals surface area contributed by atoms with Gasteiger partial charge in [0, 0.05) is 0 Å². The third kappa shape index (κ3) is 2.95. The molecule has 0 saturated carbocycles. The summed E-state index contributed by atoms with van der Waals surface area (Å²) in [4.78, 5) is 42.5. The average molecular weight is 355 g/mol. The molecule has 1 N–H and O–H groups in total. The zero-order chi connectivity index (χ0) is 17.4. The number of thiazole rings is 1. The Morgan fingerprint density at radius 3 is 2.52 bits per heavy atom. The van der Waals surface area contributed by atoms with Gasteiger partial charge in [0.25, 0.3) is 0 Å². The van der Waals surface area contributed by atoms with Crippen molar-refractivity contribution in [3.63, 3.8) is 0 Å². The van der Waals surface area contributed by atoms with Crippen molar-refractivity contribution < 1.29 is 14.4 Å². The summed E-state index contributed by atoms with van der Waals surface area (Å²) in [6, 6.07) is 7.77. The molecule has 6 nitrogen and oxygen atoms in total. The lowest BCUT2D eigenvalue weighted by Gasteiger charge is -2.14. The Kier molecular flexibility index (Phi) is 4.09. The first-order chi connectivity index (χ1) is 12.1. The second-order valence-corrected chi connectivity index (χ2v) is 7.39. The highest BCUT2D eigenvalue weighted by Gasteiger charge is 2.47. The second-order valence-electron chi connectivity index (χ2n) is 6.27. The van der Waals surface area contributed by atoms with Gasteiger partial charge in [0.2, 0.25) is 17.7 Å². The molecule has 2 unspecified atom stereocenters. The van der Waals surface area contributed by atoms with Crippen LogP contribution in [-0.4, -0.2) is 34.2 Å². The van der Waals surface area contributed by atoms with E-state index in [-0.39, 0.29) is 36.1 Å². The number of carbonyl (C=O) groups is 3. The number of imide groups is 1. The number of carbonyl (C=O) groups excluding carboxylic acids is 3. The summed E-state index contributed by atoms with van der Waals surface area (Å²) < 4.78 is 1.06. The largest absolute Gasteiger partial charge is 0.348 e. The summed E-state index contributed by atoms with van der Waals surface area (Å²) in [6.07, 6.45) is 5.03. The van der Waals surface area contributed by atoms with E-state index in [0.29, 0.717) is 19.4 Å². The van der Waals surface area contributed by atoms with Gasteiger partial charge >= 0.3 is 0 Å². The summed E-state index contributed by atoms with van der Waals surface area (Å²) in [5.74, 6) is -1.39. The van der Waals surface area contributed by atoms with Crippen molar-refractivity contribution >= 4 is 39.3 Å². The Balaban J connectivity index is 1.37. The lowest BCUT2D eigenvalue weighted by atomic mass is 9.85. The molecule has 1 aliphatic heterocycles. The summed E-state index contributed by atoms with van der Waals surface area (Å²) in [5, 5.41) is 3.55. The van der Waals surface area contributed by atoms with Gasteiger partial charge in [0.15, 0.2) is 0 Å². The molecule has 1 aromatic heterocycles. The van der Waals surface area contributed by atoms with Crippen LogP contribution in [0.5, 0.6) is 0 Å². The number of aromatic nitrogens is 1. The first kappa shape index (κ1) is 16.0. The van der Waals surface area contributed by atoms with E-state index in [1.165, 1.54) is 11.3 Å². The predicted molar refractivity (Wildman–Crippen MR) is 93.5 cm³/mol. The molecule has 128 valence electrons. The molecule has 7 heteroatoms. The van der Waals surface area contributed by atoms with Crippen molar-refractivity contribution in [2.24, 2.45) is 11.8 Å². The minimum absolute atomic E-state index is 0.213. The Hall–Kier alpha value is -2.54. The van der Waals surface area contributed by atoms with E-state index in [9.17, 15) is 14.4 Å². The molecule has 25 heavy (non-hydrogen) atoms. The average Bonchev–Trinajstić information content (AvgIpc) is 3.15. The quantitative estimate of drug-likeness (QED) is 0.671. The molecule has 1 aromatic carbocycles. The molecule has 2 aromatic rings. The fourth-order valence-electron chi connectivity index (χ4n) is 3.39. The van der Waals surface area contributed by atoms with Gasteiger partial charge in [-0.3, -0.25) is 19.3 Å². The molecule has 3 amide bonds. The molecule has 2 heterocycles. The lowest BCUT2D eigenvalue weighted by Crippen LogP contribution is -2.40. The highest BCUT2D eigenvalue weighted by molar-refractivity contribution is 7.18. The van der Waals surface area contributed by atoms with Crippen molar-refractivity contribution in [2.75, 3.05) is 6.54 Å². The van der Waals surface area contributed by atoms with Crippen molar-refractivity contribution in [2.45, 2.75) is 19.4 Å². The number of likely N-dealkylation sites (tertiary alicyclic amines) is 1. The summed E-state index contributed by atoms with van der Waals surface area (Å²) in [5.41, 5.74) is 0.901. The predicted octanol–water partition coefficient (Wildman–Crippen LogP) is 1.86. The van der Waals surface area contributed by atoms with Crippen LogP contribution in [-0.2, 0) is 20.9 Å². The van der Waals surface area contributed by atoms with Gasteiger partial charge in [-0.25, -0.2) is 4.98 Å². The first-order valence-electron chi connectivity index (χ1n) is 8.25. The number of hydrogen-bond acceptors (Lipinski definition) is 5. The normalized spacial score (nSPS) is 22.5. The fourth-order valence-corrected chi connectivity index (χ4v) is 4.30. The van der Waals surface area contributed by atoms with Crippen molar-refractivity contribution in [3.05, 3.63) is 41.4 Å². The monoisotopic (exact) mass is 355 g/mol. The van der Waals surface area contributed by atoms with E-state index < -0.39 is 0 Å². The molecule has 1 aliphatic carbocycles. The number of hydrogen-bond donors (Lipinski definition) is 1. The van der Waals surface area contributed by atoms with Crippen molar-refractivity contribution in [3.8, 4) is 0 Å². The molecule has 2 aliphatic rings. The Morgan fingerprint density at radius 1 is 1.16 bits per heavy atom. The van der Waals surface area contributed by atoms with Crippen LogP contribution in [0.25, 0.3) is 10.2 Å². The Bertz CT molecular complexity index is 830. The standard InChI is InChI=1S/C18H17N3O3S/c22-15(19-9-16-20-13-7-3-4-8-14(13)25-16)10-21-17(23)11-5-1-2-6-12(11)18(21)24/h1-4,7-8,11-12H,5-6,9-10H2,(H,19,22). The number of nitrogens with one attached hydrogen (secondary N) is 1. The van der Waals surface area contributed by atoms with E-state index in [4.69, 9.17) is 0 Å². The molecule has 0 bridgehead atoms.